The van der Waals surface area contributed by atoms with Crippen LogP contribution in [0.4, 0.5) is 22.7 Å². The summed E-state index contributed by atoms with van der Waals surface area (Å²) in [6, 6.07) is 17.2. The Morgan fingerprint density at radius 1 is 0.802 bits per heavy atom. The SMILES string of the molecule is COc1cc(N/C(O)=C(\C)[n+]2cccc(CONCCSCCNC(=O)c3ccc[n+](C(C)OC=[NH+]c4ccc(NNC(=O)C(=O)NCCCN5CCOCC5)c(OC)c4)c3)c2)ccc1N=[NH+]C(=O)C(=O)NCCCN1CCOCC1. The van der Waals surface area contributed by atoms with Gasteiger partial charge in [-0.3, -0.25) is 44.7 Å². The number of methoxy groups -OCH3 is 2. The molecule has 0 saturated carbocycles. The van der Waals surface area contributed by atoms with Gasteiger partial charge >= 0.3 is 36.3 Å². The lowest BCUT2D eigenvalue weighted by atomic mass is 10.2. The molecule has 10 N–H and O–H groups in total. The maximum atomic E-state index is 13.0. The molecule has 4 aromatic rings. The molecule has 4 heterocycles. The third-order valence-electron chi connectivity index (χ3n) is 12.5. The van der Waals surface area contributed by atoms with Crippen molar-refractivity contribution in [3.63, 3.8) is 0 Å². The number of thioether (sulfide) groups is 1. The van der Waals surface area contributed by atoms with E-state index < -0.39 is 29.9 Å². The number of pyridine rings is 2. The van der Waals surface area contributed by atoms with Gasteiger partial charge < -0.3 is 50.1 Å². The number of nitrogens with one attached hydrogen (secondary N) is 9. The van der Waals surface area contributed by atoms with Gasteiger partial charge in [-0.05, 0) is 56.3 Å². The van der Waals surface area contributed by atoms with Crippen molar-refractivity contribution < 1.29 is 76.8 Å². The Kier molecular flexibility index (Phi) is 26.5. The topological polar surface area (TPSA) is 300 Å². The lowest BCUT2D eigenvalue weighted by molar-refractivity contribution is -0.753. The lowest BCUT2D eigenvalue weighted by Gasteiger charge is -2.26. The maximum Gasteiger partial charge on any atom is 0.499 e. The Balaban J connectivity index is 0.832. The number of amides is 5. The van der Waals surface area contributed by atoms with Crippen LogP contribution in [0.5, 0.6) is 11.5 Å². The first-order chi connectivity index (χ1) is 39.4. The molecule has 0 radical (unpaired) electrons. The van der Waals surface area contributed by atoms with Gasteiger partial charge in [-0.2, -0.15) is 25.9 Å². The Hall–Kier alpha value is -7.79. The van der Waals surface area contributed by atoms with E-state index in [1.807, 2.05) is 25.3 Å². The van der Waals surface area contributed by atoms with Gasteiger partial charge in [-0.1, -0.05) is 5.11 Å². The van der Waals surface area contributed by atoms with E-state index >= 15 is 0 Å². The highest BCUT2D eigenvalue weighted by atomic mass is 32.2. The number of nitrogens with zero attached hydrogens (tertiary/aromatic N) is 5. The molecule has 2 aliphatic heterocycles. The summed E-state index contributed by atoms with van der Waals surface area (Å²) < 4.78 is 31.0. The van der Waals surface area contributed by atoms with Gasteiger partial charge in [0.2, 0.25) is 11.4 Å². The molecule has 2 aromatic carbocycles. The number of hydrogen-bond acceptors (Lipinski definition) is 19. The molecule has 2 aromatic heterocycles. The van der Waals surface area contributed by atoms with Crippen LogP contribution in [0, 0.1) is 0 Å². The van der Waals surface area contributed by atoms with Crippen LogP contribution < -0.4 is 66.3 Å². The van der Waals surface area contributed by atoms with Gasteiger partial charge in [0.15, 0.2) is 36.2 Å². The molecule has 81 heavy (non-hydrogen) atoms. The van der Waals surface area contributed by atoms with Crippen molar-refractivity contribution in [2.45, 2.75) is 39.5 Å². The number of azo groups is 1. The fourth-order valence-corrected chi connectivity index (χ4v) is 8.62. The number of aromatic nitrogens is 2. The number of carbonyl (C=O) groups is 5. The quantitative estimate of drug-likeness (QED) is 0.00441. The van der Waals surface area contributed by atoms with E-state index in [0.717, 1.165) is 57.0 Å². The number of aliphatic hydroxyl groups is 1. The highest BCUT2D eigenvalue weighted by Crippen LogP contribution is 2.30. The highest BCUT2D eigenvalue weighted by molar-refractivity contribution is 7.99. The lowest BCUT2D eigenvalue weighted by Crippen LogP contribution is -2.75. The van der Waals surface area contributed by atoms with Crippen LogP contribution in [-0.2, 0) is 44.8 Å². The summed E-state index contributed by atoms with van der Waals surface area (Å²) in [7, 11) is 2.93. The number of rotatable bonds is 30. The van der Waals surface area contributed by atoms with Crippen LogP contribution >= 0.6 is 11.8 Å². The first-order valence-electron chi connectivity index (χ1n) is 26.6. The van der Waals surface area contributed by atoms with Crippen LogP contribution in [0.1, 0.15) is 48.8 Å². The fourth-order valence-electron chi connectivity index (χ4n) is 7.95. The molecule has 2 saturated heterocycles. The summed E-state index contributed by atoms with van der Waals surface area (Å²) in [5, 5.41) is 28.5. The van der Waals surface area contributed by atoms with E-state index in [4.69, 9.17) is 28.5 Å². The normalized spacial score (nSPS) is 14.6. The van der Waals surface area contributed by atoms with Gasteiger partial charge in [-0.15, -0.1) is 0 Å². The van der Waals surface area contributed by atoms with Crippen LogP contribution in [-0.4, -0.2) is 168 Å². The fraction of sp³-hybridized carbons (Fsp3) is 0.444. The Morgan fingerprint density at radius 2 is 1.49 bits per heavy atom. The predicted octanol–water partition coefficient (Wildman–Crippen LogP) is -0.934. The molecule has 1 atom stereocenters. The Bertz CT molecular complexity index is 2800. The number of ether oxygens (including phenoxy) is 5. The second-order valence-corrected chi connectivity index (χ2v) is 19.6. The number of anilines is 2. The molecule has 0 spiro atoms. The third-order valence-corrected chi connectivity index (χ3v) is 13.5. The van der Waals surface area contributed by atoms with Crippen molar-refractivity contribution in [1.29, 1.82) is 0 Å². The van der Waals surface area contributed by atoms with E-state index in [1.165, 1.54) is 20.6 Å². The summed E-state index contributed by atoms with van der Waals surface area (Å²) in [5.74, 6) is -1.48. The Morgan fingerprint density at radius 3 is 2.21 bits per heavy atom. The zero-order chi connectivity index (χ0) is 57.6. The van der Waals surface area contributed by atoms with Crippen LogP contribution in [0.25, 0.3) is 5.70 Å². The molecule has 436 valence electrons. The number of morpholine rings is 2. The molecular formula is C54H76N14O12S+4. The molecule has 27 heteroatoms. The minimum atomic E-state index is -0.901. The first kappa shape index (κ1) is 62.4. The largest absolute Gasteiger partial charge is 0.499 e. The molecule has 26 nitrogen and oxygen atoms in total. The molecule has 6 rings (SSSR count). The van der Waals surface area contributed by atoms with E-state index in [9.17, 15) is 29.1 Å². The van der Waals surface area contributed by atoms with Gasteiger partial charge in [0, 0.05) is 118 Å². The smallest absolute Gasteiger partial charge is 0.494 e. The average Bonchev–Trinajstić information content (AvgIpc) is 3.54. The van der Waals surface area contributed by atoms with Crippen molar-refractivity contribution >= 4 is 76.1 Å². The van der Waals surface area contributed by atoms with E-state index in [-0.39, 0.29) is 24.1 Å². The summed E-state index contributed by atoms with van der Waals surface area (Å²) in [6.07, 6.45) is 9.51. The van der Waals surface area contributed by atoms with Gasteiger partial charge in [0.1, 0.15) is 11.3 Å². The second kappa shape index (κ2) is 34.4. The van der Waals surface area contributed by atoms with E-state index in [1.54, 1.807) is 94.9 Å². The number of allylic oxidation sites excluding steroid dienone is 1. The first-order valence-corrected chi connectivity index (χ1v) is 27.8. The van der Waals surface area contributed by atoms with Crippen molar-refractivity contribution in [1.82, 2.24) is 36.7 Å². The van der Waals surface area contributed by atoms with Crippen molar-refractivity contribution in [3.05, 3.63) is 102 Å². The molecule has 2 fully saturated rings. The molecule has 0 bridgehead atoms. The molecule has 0 aliphatic carbocycles. The van der Waals surface area contributed by atoms with Crippen molar-refractivity contribution in [2.75, 3.05) is 128 Å². The minimum Gasteiger partial charge on any atom is -0.494 e. The number of hydrogen-bond donors (Lipinski definition) is 10. The second-order valence-electron chi connectivity index (χ2n) is 18.3. The summed E-state index contributed by atoms with van der Waals surface area (Å²) in [6.45, 7) is 13.4. The van der Waals surface area contributed by atoms with Gasteiger partial charge in [0.05, 0.1) is 59.0 Å². The van der Waals surface area contributed by atoms with Crippen molar-refractivity contribution in [3.8, 4) is 11.5 Å². The number of hydroxylamine groups is 1. The third kappa shape index (κ3) is 21.7. The van der Waals surface area contributed by atoms with E-state index in [0.29, 0.717) is 105 Å². The molecule has 5 amide bonds. The van der Waals surface area contributed by atoms with E-state index in [2.05, 4.69) is 62.6 Å². The van der Waals surface area contributed by atoms with Gasteiger partial charge in [0.25, 0.3) is 11.8 Å². The minimum absolute atomic E-state index is 0.121. The van der Waals surface area contributed by atoms with Crippen LogP contribution in [0.3, 0.4) is 0 Å². The number of aliphatic hydroxyl groups excluding tert-OH is 1. The summed E-state index contributed by atoms with van der Waals surface area (Å²) in [5.41, 5.74) is 11.8. The summed E-state index contributed by atoms with van der Waals surface area (Å²) >= 11 is 1.66. The molecule has 1 unspecified atom stereocenters. The number of carbonyl (C=O) groups excluding carboxylic acids is 5. The van der Waals surface area contributed by atoms with Crippen molar-refractivity contribution in [2.24, 2.45) is 5.11 Å². The average molecular weight is 1150 g/mol. The molecular weight excluding hydrogens is 1070 g/mol. The number of hydrazine groups is 1. The Labute approximate surface area is 474 Å². The maximum absolute atomic E-state index is 13.0. The van der Waals surface area contributed by atoms with Crippen LogP contribution in [0.15, 0.2) is 96.4 Å². The monoisotopic (exact) mass is 1140 g/mol. The number of benzene rings is 2. The predicted molar refractivity (Wildman–Crippen MR) is 299 cm³/mol. The highest BCUT2D eigenvalue weighted by Gasteiger charge is 2.22. The van der Waals surface area contributed by atoms with Gasteiger partial charge in [-0.25, -0.2) is 10.3 Å². The molecule has 2 aliphatic rings. The zero-order valence-corrected chi connectivity index (χ0v) is 47.1. The summed E-state index contributed by atoms with van der Waals surface area (Å²) in [4.78, 5) is 75.6. The zero-order valence-electron chi connectivity index (χ0n) is 46.3. The van der Waals surface area contributed by atoms with Crippen LogP contribution in [0.2, 0.25) is 0 Å². The standard InChI is InChI=1S/C54H72N14O12S/c1-39(49(69)60-44-12-14-46(48(34-44)76-4)62-64-54(74)52(72)56-16-8-20-66-25-29-78-30-26-66)67-21-5-9-41(35-67)37-80-59-18-32-81-31-17-57-50(70)42-10-6-22-68(36-42)40(2)79-38-58-43-11-13-45(47(33-43)75-3)61-63-53(73)51(71)55-15-7-19-65-23-27-77-28-24-65/h5-6,9-14,21-22,33-36,38,40,59H,7-8,15-20,23-32,37H2,1-4H3,(H5-2,55,56,57,60,61,62,63,64,69,70,71,72,73,74)/p+4/b49-39-,58-38?.